The van der Waals surface area contributed by atoms with Gasteiger partial charge in [0.05, 0.1) is 29.4 Å². The quantitative estimate of drug-likeness (QED) is 0.480. The van der Waals surface area contributed by atoms with Crippen molar-refractivity contribution in [1.82, 2.24) is 4.72 Å². The van der Waals surface area contributed by atoms with Gasteiger partial charge in [-0.25, -0.2) is 8.42 Å². The highest BCUT2D eigenvalue weighted by atomic mass is 79.9. The Balaban J connectivity index is 1.53. The number of sulfonamides is 1. The van der Waals surface area contributed by atoms with Crippen LogP contribution < -0.4 is 9.46 Å². The number of benzene rings is 2. The van der Waals surface area contributed by atoms with Crippen LogP contribution in [0.4, 0.5) is 0 Å². The Hall–Kier alpha value is -2.72. The standard InChI is InChI=1S/C19H17BrN2O6S/c1-27-16-7-6-12(10-14(16)20)15(23)11-28-18(24)8-9-21-19-13-4-2-3-5-17(13)29(25,26)22-19/h2-7,10H,8-9,11H2,1H3,(H,21,22). The van der Waals surface area contributed by atoms with E-state index in [1.807, 2.05) is 0 Å². The zero-order valence-corrected chi connectivity index (χ0v) is 17.7. The Kier molecular flexibility index (Phi) is 6.33. The molecule has 2 aromatic carbocycles. The molecule has 0 saturated heterocycles. The number of aliphatic imine (C=N–C) groups is 1. The molecular formula is C19H17BrN2O6S. The predicted octanol–water partition coefficient (Wildman–Crippen LogP) is 2.31. The van der Waals surface area contributed by atoms with Gasteiger partial charge >= 0.3 is 5.97 Å². The molecule has 0 atom stereocenters. The lowest BCUT2D eigenvalue weighted by Crippen LogP contribution is -2.22. The molecule has 1 N–H and O–H groups in total. The number of nitrogens with one attached hydrogen (secondary N) is 1. The number of fused-ring (bicyclic) bond motifs is 1. The summed E-state index contributed by atoms with van der Waals surface area (Å²) >= 11 is 3.29. The molecule has 152 valence electrons. The summed E-state index contributed by atoms with van der Waals surface area (Å²) in [5.41, 5.74) is 0.837. The predicted molar refractivity (Wildman–Crippen MR) is 109 cm³/mol. The number of hydrogen-bond acceptors (Lipinski definition) is 7. The molecule has 3 rings (SSSR count). The van der Waals surface area contributed by atoms with Gasteiger partial charge in [0.15, 0.2) is 12.4 Å². The lowest BCUT2D eigenvalue weighted by atomic mass is 10.1. The largest absolute Gasteiger partial charge is 0.496 e. The van der Waals surface area contributed by atoms with Crippen molar-refractivity contribution in [1.29, 1.82) is 0 Å². The molecule has 0 radical (unpaired) electrons. The van der Waals surface area contributed by atoms with Crippen LogP contribution in [0.15, 0.2) is 56.8 Å². The summed E-state index contributed by atoms with van der Waals surface area (Å²) in [6, 6.07) is 11.2. The fraction of sp³-hybridized carbons (Fsp3) is 0.211. The van der Waals surface area contributed by atoms with Crippen LogP contribution in [-0.2, 0) is 19.6 Å². The average molecular weight is 481 g/mol. The van der Waals surface area contributed by atoms with E-state index >= 15 is 0 Å². The molecule has 0 saturated carbocycles. The lowest BCUT2D eigenvalue weighted by Gasteiger charge is -2.06. The van der Waals surface area contributed by atoms with Crippen LogP contribution in [0.1, 0.15) is 22.3 Å². The SMILES string of the molecule is COc1ccc(C(=O)COC(=O)CCN=C2NS(=O)(=O)c3ccccc32)cc1Br. The van der Waals surface area contributed by atoms with E-state index < -0.39 is 22.6 Å². The summed E-state index contributed by atoms with van der Waals surface area (Å²) in [5, 5.41) is 0. The van der Waals surface area contributed by atoms with Crippen LogP contribution in [0.2, 0.25) is 0 Å². The summed E-state index contributed by atoms with van der Waals surface area (Å²) in [5.74, 6) is -0.191. The first-order valence-electron chi connectivity index (χ1n) is 8.51. The molecule has 1 aliphatic rings. The second kappa shape index (κ2) is 8.75. The third kappa shape index (κ3) is 4.83. The number of halogens is 1. The highest BCUT2D eigenvalue weighted by Crippen LogP contribution is 2.25. The second-order valence-corrected chi connectivity index (χ2v) is 8.52. The van der Waals surface area contributed by atoms with Crippen molar-refractivity contribution < 1.29 is 27.5 Å². The molecule has 1 heterocycles. The average Bonchev–Trinajstić information content (AvgIpc) is 2.96. The summed E-state index contributed by atoms with van der Waals surface area (Å²) in [6.45, 7) is -0.378. The van der Waals surface area contributed by atoms with Gasteiger partial charge in [0, 0.05) is 11.1 Å². The summed E-state index contributed by atoms with van der Waals surface area (Å²) < 4.78 is 37.1. The highest BCUT2D eigenvalue weighted by Gasteiger charge is 2.29. The molecule has 0 bridgehead atoms. The third-order valence-corrected chi connectivity index (χ3v) is 6.10. The zero-order chi connectivity index (χ0) is 21.0. The minimum atomic E-state index is -3.62. The molecule has 2 aromatic rings. The van der Waals surface area contributed by atoms with Gasteiger partial charge in [0.2, 0.25) is 0 Å². The van der Waals surface area contributed by atoms with Crippen molar-refractivity contribution in [3.8, 4) is 5.75 Å². The van der Waals surface area contributed by atoms with Crippen LogP contribution in [0.25, 0.3) is 0 Å². The van der Waals surface area contributed by atoms with Crippen molar-refractivity contribution in [2.24, 2.45) is 4.99 Å². The topological polar surface area (TPSA) is 111 Å². The third-order valence-electron chi connectivity index (χ3n) is 4.09. The van der Waals surface area contributed by atoms with E-state index in [9.17, 15) is 18.0 Å². The molecule has 0 spiro atoms. The van der Waals surface area contributed by atoms with E-state index in [2.05, 4.69) is 25.6 Å². The number of amidine groups is 1. The van der Waals surface area contributed by atoms with Crippen LogP contribution in [0.3, 0.4) is 0 Å². The molecule has 0 aromatic heterocycles. The number of nitrogens with zero attached hydrogens (tertiary/aromatic N) is 1. The number of ketones is 1. The first-order valence-corrected chi connectivity index (χ1v) is 10.8. The molecule has 8 nitrogen and oxygen atoms in total. The van der Waals surface area contributed by atoms with E-state index in [0.29, 0.717) is 21.3 Å². The molecule has 0 aliphatic carbocycles. The Morgan fingerprint density at radius 3 is 2.66 bits per heavy atom. The van der Waals surface area contributed by atoms with Crippen LogP contribution >= 0.6 is 15.9 Å². The number of carbonyl (C=O) groups is 2. The zero-order valence-electron chi connectivity index (χ0n) is 15.3. The molecule has 0 amide bonds. The summed E-state index contributed by atoms with van der Waals surface area (Å²) in [7, 11) is -2.10. The van der Waals surface area contributed by atoms with Crippen LogP contribution in [-0.4, -0.2) is 46.3 Å². The van der Waals surface area contributed by atoms with E-state index in [4.69, 9.17) is 9.47 Å². The maximum absolute atomic E-state index is 12.1. The second-order valence-electron chi connectivity index (χ2n) is 6.02. The Morgan fingerprint density at radius 1 is 1.17 bits per heavy atom. The van der Waals surface area contributed by atoms with Gasteiger partial charge in [0.1, 0.15) is 11.6 Å². The van der Waals surface area contributed by atoms with Gasteiger partial charge in [-0.1, -0.05) is 12.1 Å². The first kappa shape index (κ1) is 21.0. The van der Waals surface area contributed by atoms with Crippen molar-refractivity contribution in [2.45, 2.75) is 11.3 Å². The molecule has 0 unspecified atom stereocenters. The number of ether oxygens (including phenoxy) is 2. The Bertz CT molecular complexity index is 1100. The minimum absolute atomic E-state index is 0.0211. The van der Waals surface area contributed by atoms with Crippen molar-refractivity contribution in [3.05, 3.63) is 58.1 Å². The number of Topliss-reactive ketones (excluding diaryl/α,β-unsaturated/α-hetero) is 1. The number of carbonyl (C=O) groups excluding carboxylic acids is 2. The van der Waals surface area contributed by atoms with E-state index in [0.717, 1.165) is 0 Å². The number of methoxy groups -OCH3 is 1. The van der Waals surface area contributed by atoms with Gasteiger partial charge in [-0.2, -0.15) is 0 Å². The highest BCUT2D eigenvalue weighted by molar-refractivity contribution is 9.10. The van der Waals surface area contributed by atoms with Crippen molar-refractivity contribution in [2.75, 3.05) is 20.3 Å². The van der Waals surface area contributed by atoms with E-state index in [-0.39, 0.29) is 29.5 Å². The number of esters is 1. The van der Waals surface area contributed by atoms with E-state index in [1.165, 1.54) is 13.2 Å². The fourth-order valence-electron chi connectivity index (χ4n) is 2.65. The maximum Gasteiger partial charge on any atom is 0.308 e. The van der Waals surface area contributed by atoms with Crippen molar-refractivity contribution in [3.63, 3.8) is 0 Å². The maximum atomic E-state index is 12.1. The number of hydrogen-bond donors (Lipinski definition) is 1. The van der Waals surface area contributed by atoms with E-state index in [1.54, 1.807) is 36.4 Å². The summed E-state index contributed by atoms with van der Waals surface area (Å²) in [6.07, 6.45) is -0.0903. The van der Waals surface area contributed by atoms with Gasteiger partial charge in [-0.15, -0.1) is 0 Å². The van der Waals surface area contributed by atoms with Crippen LogP contribution in [0, 0.1) is 0 Å². The van der Waals surface area contributed by atoms with Gasteiger partial charge in [-0.3, -0.25) is 19.3 Å². The first-order chi connectivity index (χ1) is 13.8. The van der Waals surface area contributed by atoms with Crippen LogP contribution in [0.5, 0.6) is 5.75 Å². The Morgan fingerprint density at radius 2 is 1.93 bits per heavy atom. The smallest absolute Gasteiger partial charge is 0.308 e. The molecule has 1 aliphatic heterocycles. The Labute approximate surface area is 176 Å². The molecular weight excluding hydrogens is 464 g/mol. The monoisotopic (exact) mass is 480 g/mol. The van der Waals surface area contributed by atoms with Gasteiger partial charge in [0.25, 0.3) is 10.0 Å². The lowest BCUT2D eigenvalue weighted by molar-refractivity contribution is -0.142. The molecule has 0 fully saturated rings. The minimum Gasteiger partial charge on any atom is -0.496 e. The summed E-state index contributed by atoms with van der Waals surface area (Å²) in [4.78, 5) is 28.3. The number of rotatable bonds is 7. The fourth-order valence-corrected chi connectivity index (χ4v) is 4.44. The van der Waals surface area contributed by atoms with Gasteiger partial charge in [-0.05, 0) is 46.3 Å². The molecule has 29 heavy (non-hydrogen) atoms. The van der Waals surface area contributed by atoms with Gasteiger partial charge < -0.3 is 9.47 Å². The molecule has 10 heteroatoms. The van der Waals surface area contributed by atoms with Crippen molar-refractivity contribution >= 4 is 43.5 Å². The normalized spacial score (nSPS) is 15.4.